The van der Waals surface area contributed by atoms with Crippen LogP contribution in [0.25, 0.3) is 0 Å². The number of hydrogen-bond donors (Lipinski definition) is 1. The lowest BCUT2D eigenvalue weighted by atomic mass is 9.49. The Hall–Kier alpha value is -0.510. The van der Waals surface area contributed by atoms with E-state index in [1.807, 2.05) is 0 Å². The number of halogens is 1. The van der Waals surface area contributed by atoms with Crippen molar-refractivity contribution in [2.24, 2.45) is 17.8 Å². The van der Waals surface area contributed by atoms with Crippen molar-refractivity contribution < 1.29 is 4.42 Å². The van der Waals surface area contributed by atoms with Crippen molar-refractivity contribution in [3.8, 4) is 0 Å². The maximum Gasteiger partial charge on any atom is 0.293 e. The number of rotatable bonds is 1. The van der Waals surface area contributed by atoms with E-state index < -0.39 is 0 Å². The quantitative estimate of drug-likeness (QED) is 0.863. The summed E-state index contributed by atoms with van der Waals surface area (Å²) in [5.41, 5.74) is 7.07. The van der Waals surface area contributed by atoms with Crippen LogP contribution in [0, 0.1) is 17.8 Å². The fraction of sp³-hybridized carbons (Fsp3) is 0.769. The van der Waals surface area contributed by atoms with Crippen molar-refractivity contribution in [3.63, 3.8) is 0 Å². The average Bonchev–Trinajstić information content (AvgIpc) is 2.56. The van der Waals surface area contributed by atoms with Gasteiger partial charge in [0, 0.05) is 5.41 Å². The highest BCUT2D eigenvalue weighted by Crippen LogP contribution is 2.61. The number of nitrogens with zero attached hydrogens (tertiary/aromatic N) is 1. The molecule has 0 unspecified atom stereocenters. The van der Waals surface area contributed by atoms with Gasteiger partial charge < -0.3 is 10.2 Å². The second kappa shape index (κ2) is 3.28. The smallest absolute Gasteiger partial charge is 0.293 e. The molecule has 17 heavy (non-hydrogen) atoms. The van der Waals surface area contributed by atoms with Gasteiger partial charge in [0.1, 0.15) is 5.69 Å². The number of hydrogen-bond acceptors (Lipinski definition) is 3. The summed E-state index contributed by atoms with van der Waals surface area (Å²) in [7, 11) is 0. The zero-order chi connectivity index (χ0) is 11.6. The van der Waals surface area contributed by atoms with Crippen LogP contribution in [0.15, 0.2) is 9.09 Å². The van der Waals surface area contributed by atoms with Gasteiger partial charge in [-0.05, 0) is 72.2 Å². The van der Waals surface area contributed by atoms with Crippen LogP contribution in [-0.4, -0.2) is 4.98 Å². The normalized spacial score (nSPS) is 43.2. The Labute approximate surface area is 109 Å². The van der Waals surface area contributed by atoms with E-state index in [1.165, 1.54) is 38.5 Å². The fourth-order valence-electron chi connectivity index (χ4n) is 5.04. The van der Waals surface area contributed by atoms with Crippen LogP contribution in [-0.2, 0) is 5.41 Å². The van der Waals surface area contributed by atoms with Gasteiger partial charge in [-0.2, -0.15) is 4.98 Å². The highest BCUT2D eigenvalue weighted by Gasteiger charge is 2.53. The first kappa shape index (κ1) is 10.4. The molecule has 0 spiro atoms. The van der Waals surface area contributed by atoms with Gasteiger partial charge in [-0.3, -0.25) is 0 Å². The van der Waals surface area contributed by atoms with E-state index in [0.717, 1.165) is 28.1 Å². The summed E-state index contributed by atoms with van der Waals surface area (Å²) < 4.78 is 6.16. The lowest BCUT2D eigenvalue weighted by molar-refractivity contribution is -0.00766. The zero-order valence-corrected chi connectivity index (χ0v) is 11.4. The van der Waals surface area contributed by atoms with Crippen LogP contribution in [0.2, 0.25) is 0 Å². The van der Waals surface area contributed by atoms with Crippen LogP contribution < -0.4 is 5.73 Å². The van der Waals surface area contributed by atoms with Crippen molar-refractivity contribution >= 4 is 21.9 Å². The molecule has 0 aliphatic heterocycles. The molecule has 0 atom stereocenters. The van der Waals surface area contributed by atoms with Gasteiger partial charge in [-0.25, -0.2) is 0 Å². The highest BCUT2D eigenvalue weighted by molar-refractivity contribution is 9.10. The summed E-state index contributed by atoms with van der Waals surface area (Å²) in [4.78, 5) is 4.46. The molecule has 4 aliphatic rings. The molecule has 4 heteroatoms. The molecule has 1 aromatic heterocycles. The monoisotopic (exact) mass is 296 g/mol. The predicted octanol–water partition coefficient (Wildman–Crippen LogP) is 3.49. The van der Waals surface area contributed by atoms with Gasteiger partial charge in [0.05, 0.1) is 0 Å². The number of oxazole rings is 1. The van der Waals surface area contributed by atoms with Crippen molar-refractivity contribution in [3.05, 3.63) is 10.4 Å². The third-order valence-electron chi connectivity index (χ3n) is 5.14. The van der Waals surface area contributed by atoms with Gasteiger partial charge in [0.15, 0.2) is 4.67 Å². The first-order valence-electron chi connectivity index (χ1n) is 6.57. The predicted molar refractivity (Wildman–Crippen MR) is 68.5 cm³/mol. The number of anilines is 1. The SMILES string of the molecule is Nc1nc(C23CC4CC(CC(C4)C2)C3)c(Br)o1. The second-order valence-electron chi connectivity index (χ2n) is 6.37. The van der Waals surface area contributed by atoms with Crippen LogP contribution >= 0.6 is 15.9 Å². The lowest BCUT2D eigenvalue weighted by Crippen LogP contribution is -2.48. The van der Waals surface area contributed by atoms with Gasteiger partial charge >= 0.3 is 0 Å². The Balaban J connectivity index is 1.79. The minimum atomic E-state index is 0.273. The molecule has 0 saturated heterocycles. The molecule has 0 radical (unpaired) electrons. The maximum atomic E-state index is 5.69. The molecular weight excluding hydrogens is 280 g/mol. The minimum Gasteiger partial charge on any atom is -0.416 e. The summed E-state index contributed by atoms with van der Waals surface area (Å²) in [6.45, 7) is 0. The molecule has 3 nitrogen and oxygen atoms in total. The Morgan fingerprint density at radius 2 is 1.65 bits per heavy atom. The van der Waals surface area contributed by atoms with Crippen LogP contribution in [0.3, 0.4) is 0 Å². The summed E-state index contributed by atoms with van der Waals surface area (Å²) in [6, 6.07) is 0.308. The first-order valence-corrected chi connectivity index (χ1v) is 7.36. The molecule has 1 aromatic rings. The molecule has 4 aliphatic carbocycles. The summed E-state index contributed by atoms with van der Waals surface area (Å²) in [6.07, 6.45) is 8.23. The third-order valence-corrected chi connectivity index (χ3v) is 5.68. The van der Waals surface area contributed by atoms with E-state index in [4.69, 9.17) is 10.2 Å². The van der Waals surface area contributed by atoms with Gasteiger partial charge in [-0.1, -0.05) is 0 Å². The molecule has 2 N–H and O–H groups in total. The molecule has 4 fully saturated rings. The Morgan fingerprint density at radius 3 is 2.06 bits per heavy atom. The zero-order valence-electron chi connectivity index (χ0n) is 9.79. The summed E-state index contributed by atoms with van der Waals surface area (Å²) in [5, 5.41) is 0. The van der Waals surface area contributed by atoms with Crippen molar-refractivity contribution in [2.45, 2.75) is 43.9 Å². The van der Waals surface area contributed by atoms with Crippen molar-refractivity contribution in [1.29, 1.82) is 0 Å². The van der Waals surface area contributed by atoms with Crippen LogP contribution in [0.4, 0.5) is 6.01 Å². The number of aromatic nitrogens is 1. The molecule has 5 rings (SSSR count). The number of nitrogens with two attached hydrogens (primary N) is 1. The molecule has 4 saturated carbocycles. The molecule has 4 bridgehead atoms. The first-order chi connectivity index (χ1) is 8.14. The standard InChI is InChI=1S/C13H17BrN2O/c14-11-10(16-12(15)17-11)13-4-7-1-8(5-13)3-9(2-7)6-13/h7-9H,1-6H2,(H2,15,16). The second-order valence-corrected chi connectivity index (χ2v) is 7.09. The Bertz CT molecular complexity index is 433. The third kappa shape index (κ3) is 1.42. The topological polar surface area (TPSA) is 52.0 Å². The van der Waals surface area contributed by atoms with E-state index in [2.05, 4.69) is 20.9 Å². The van der Waals surface area contributed by atoms with Crippen LogP contribution in [0.1, 0.15) is 44.2 Å². The van der Waals surface area contributed by atoms with Crippen LogP contribution in [0.5, 0.6) is 0 Å². The minimum absolute atomic E-state index is 0.273. The summed E-state index contributed by atoms with van der Waals surface area (Å²) >= 11 is 3.50. The maximum absolute atomic E-state index is 5.69. The lowest BCUT2D eigenvalue weighted by Gasteiger charge is -2.56. The molecular formula is C13H17BrN2O. The van der Waals surface area contributed by atoms with Gasteiger partial charge in [0.25, 0.3) is 6.01 Å². The highest BCUT2D eigenvalue weighted by atomic mass is 79.9. The van der Waals surface area contributed by atoms with E-state index in [0.29, 0.717) is 6.01 Å². The molecule has 1 heterocycles. The molecule has 0 amide bonds. The fourth-order valence-corrected chi connectivity index (χ4v) is 5.72. The molecule has 92 valence electrons. The van der Waals surface area contributed by atoms with E-state index >= 15 is 0 Å². The van der Waals surface area contributed by atoms with Crippen molar-refractivity contribution in [1.82, 2.24) is 4.98 Å². The van der Waals surface area contributed by atoms with Crippen molar-refractivity contribution in [2.75, 3.05) is 5.73 Å². The largest absolute Gasteiger partial charge is 0.416 e. The molecule has 0 aromatic carbocycles. The number of nitrogen functional groups attached to an aromatic ring is 1. The van der Waals surface area contributed by atoms with E-state index in [-0.39, 0.29) is 5.41 Å². The van der Waals surface area contributed by atoms with Gasteiger partial charge in [-0.15, -0.1) is 0 Å². The Kier molecular flexibility index (Phi) is 2.01. The van der Waals surface area contributed by atoms with E-state index in [1.54, 1.807) is 0 Å². The Morgan fingerprint density at radius 1 is 1.12 bits per heavy atom. The van der Waals surface area contributed by atoms with Gasteiger partial charge in [0.2, 0.25) is 0 Å². The summed E-state index contributed by atoms with van der Waals surface area (Å²) in [5.74, 6) is 2.77. The van der Waals surface area contributed by atoms with E-state index in [9.17, 15) is 0 Å². The average molecular weight is 297 g/mol.